The third-order valence-corrected chi connectivity index (χ3v) is 6.75. The Kier molecular flexibility index (Phi) is 8.46. The number of halogens is 1. The van der Waals surface area contributed by atoms with Crippen LogP contribution in [0, 0.1) is 17.1 Å². The third-order valence-electron chi connectivity index (χ3n) is 4.86. The smallest absolute Gasteiger partial charge is 0.239 e. The normalized spacial score (nSPS) is 13.2. The second kappa shape index (κ2) is 10.8. The van der Waals surface area contributed by atoms with Crippen LogP contribution in [0.15, 0.2) is 48.5 Å². The Bertz CT molecular complexity index is 1110. The fourth-order valence-corrected chi connectivity index (χ4v) is 4.30. The number of hydrogen-bond acceptors (Lipinski definition) is 5. The number of hydrogen-bond donors (Lipinski definition) is 2. The second-order valence-corrected chi connectivity index (χ2v) is 9.40. The molecule has 0 aromatic heterocycles. The van der Waals surface area contributed by atoms with Crippen molar-refractivity contribution in [3.05, 3.63) is 59.9 Å². The van der Waals surface area contributed by atoms with Gasteiger partial charge >= 0.3 is 0 Å². The van der Waals surface area contributed by atoms with E-state index in [1.807, 2.05) is 0 Å². The van der Waals surface area contributed by atoms with Crippen LogP contribution in [0.4, 0.5) is 4.39 Å². The molecule has 8 nitrogen and oxygen atoms in total. The zero-order valence-corrected chi connectivity index (χ0v) is 18.6. The van der Waals surface area contributed by atoms with Crippen molar-refractivity contribution in [3.8, 4) is 17.2 Å². The lowest BCUT2D eigenvalue weighted by Gasteiger charge is -2.28. The van der Waals surface area contributed by atoms with Crippen molar-refractivity contribution in [3.63, 3.8) is 0 Å². The molecule has 0 radical (unpaired) electrons. The van der Waals surface area contributed by atoms with Gasteiger partial charge in [-0.2, -0.15) is 9.57 Å². The SMILES string of the molecule is CCS(=O)(=O)N(Cc1ccc(-c2cccc(F)c2)cc1)[C@@H](C)C(=O)N[C@H](C#N)CC(N)=O. The van der Waals surface area contributed by atoms with E-state index in [0.29, 0.717) is 11.1 Å². The van der Waals surface area contributed by atoms with Crippen LogP contribution in [0.5, 0.6) is 0 Å². The van der Waals surface area contributed by atoms with E-state index in [1.165, 1.54) is 26.0 Å². The van der Waals surface area contributed by atoms with E-state index in [2.05, 4.69) is 5.32 Å². The van der Waals surface area contributed by atoms with E-state index >= 15 is 0 Å². The number of nitrogens with zero attached hydrogens (tertiary/aromatic N) is 2. The quantitative estimate of drug-likeness (QED) is 0.559. The van der Waals surface area contributed by atoms with Gasteiger partial charge in [-0.05, 0) is 42.7 Å². The summed E-state index contributed by atoms with van der Waals surface area (Å²) in [5, 5.41) is 11.4. The molecule has 0 saturated heterocycles. The Morgan fingerprint density at radius 2 is 1.84 bits per heavy atom. The highest BCUT2D eigenvalue weighted by atomic mass is 32.2. The third kappa shape index (κ3) is 6.60. The molecule has 0 bridgehead atoms. The first kappa shape index (κ1) is 25.0. The van der Waals surface area contributed by atoms with Gasteiger partial charge in [-0.25, -0.2) is 12.8 Å². The maximum absolute atomic E-state index is 13.5. The number of nitrogens with two attached hydrogens (primary N) is 1. The predicted molar refractivity (Wildman–Crippen MR) is 118 cm³/mol. The number of benzene rings is 2. The highest BCUT2D eigenvalue weighted by Gasteiger charge is 2.31. The molecular weight excluding hydrogens is 435 g/mol. The molecule has 0 fully saturated rings. The van der Waals surface area contributed by atoms with Crippen LogP contribution in [-0.4, -0.2) is 42.4 Å². The molecule has 10 heteroatoms. The summed E-state index contributed by atoms with van der Waals surface area (Å²) < 4.78 is 39.9. The Hall–Kier alpha value is -3.29. The molecule has 32 heavy (non-hydrogen) atoms. The van der Waals surface area contributed by atoms with Crippen molar-refractivity contribution in [2.45, 2.75) is 38.9 Å². The summed E-state index contributed by atoms with van der Waals surface area (Å²) in [6, 6.07) is 12.5. The van der Waals surface area contributed by atoms with Gasteiger partial charge in [0.05, 0.1) is 18.2 Å². The summed E-state index contributed by atoms with van der Waals surface area (Å²) in [5.41, 5.74) is 7.13. The standard InChI is InChI=1S/C22H25FN4O4S/c1-3-32(30,31)27(15(2)22(29)26-20(13-24)12-21(25)28)14-16-7-9-17(10-8-16)18-5-4-6-19(23)11-18/h4-11,15,20H,3,12,14H2,1-2H3,(H2,25,28)(H,26,29)/t15-,20-/m0/s1. The molecule has 0 heterocycles. The fourth-order valence-electron chi connectivity index (χ4n) is 3.05. The number of nitriles is 1. The number of rotatable bonds is 10. The lowest BCUT2D eigenvalue weighted by Crippen LogP contribution is -2.50. The largest absolute Gasteiger partial charge is 0.370 e. The summed E-state index contributed by atoms with van der Waals surface area (Å²) in [5.74, 6) is -2.07. The molecule has 0 unspecified atom stereocenters. The van der Waals surface area contributed by atoms with E-state index in [9.17, 15) is 22.4 Å². The van der Waals surface area contributed by atoms with Gasteiger partial charge in [0.15, 0.2) is 0 Å². The minimum atomic E-state index is -3.79. The Morgan fingerprint density at radius 1 is 1.19 bits per heavy atom. The van der Waals surface area contributed by atoms with E-state index in [1.54, 1.807) is 42.5 Å². The van der Waals surface area contributed by atoms with Crippen LogP contribution in [0.1, 0.15) is 25.8 Å². The van der Waals surface area contributed by atoms with Crippen LogP contribution in [-0.2, 0) is 26.2 Å². The Morgan fingerprint density at radius 3 is 2.38 bits per heavy atom. The molecule has 2 rings (SSSR count). The summed E-state index contributed by atoms with van der Waals surface area (Å²) in [6.45, 7) is 2.79. The molecule has 0 saturated carbocycles. The van der Waals surface area contributed by atoms with Gasteiger partial charge in [0, 0.05) is 6.54 Å². The van der Waals surface area contributed by atoms with Crippen molar-refractivity contribution in [1.82, 2.24) is 9.62 Å². The van der Waals surface area contributed by atoms with Crippen LogP contribution in [0.3, 0.4) is 0 Å². The minimum absolute atomic E-state index is 0.0821. The number of carbonyl (C=O) groups is 2. The maximum Gasteiger partial charge on any atom is 0.239 e. The van der Waals surface area contributed by atoms with Gasteiger partial charge in [0.25, 0.3) is 0 Å². The molecule has 2 aromatic carbocycles. The molecule has 2 amide bonds. The first-order valence-electron chi connectivity index (χ1n) is 9.90. The van der Waals surface area contributed by atoms with E-state index in [4.69, 9.17) is 11.0 Å². The van der Waals surface area contributed by atoms with Gasteiger partial charge in [-0.3, -0.25) is 9.59 Å². The van der Waals surface area contributed by atoms with Gasteiger partial charge in [-0.1, -0.05) is 36.4 Å². The van der Waals surface area contributed by atoms with Crippen LogP contribution >= 0.6 is 0 Å². The minimum Gasteiger partial charge on any atom is -0.370 e. The summed E-state index contributed by atoms with van der Waals surface area (Å²) in [6.07, 6.45) is -0.378. The number of carbonyl (C=O) groups excluding carboxylic acids is 2. The lowest BCUT2D eigenvalue weighted by atomic mass is 10.0. The molecule has 2 aromatic rings. The number of nitrogens with one attached hydrogen (secondary N) is 1. The van der Waals surface area contributed by atoms with Crippen molar-refractivity contribution in [2.75, 3.05) is 5.75 Å². The van der Waals surface area contributed by atoms with E-state index in [0.717, 1.165) is 9.87 Å². The van der Waals surface area contributed by atoms with Crippen molar-refractivity contribution in [1.29, 1.82) is 5.26 Å². The van der Waals surface area contributed by atoms with Crippen molar-refractivity contribution < 1.29 is 22.4 Å². The Balaban J connectivity index is 2.23. The first-order chi connectivity index (χ1) is 15.1. The molecule has 170 valence electrons. The summed E-state index contributed by atoms with van der Waals surface area (Å²) in [4.78, 5) is 23.6. The average Bonchev–Trinajstić information content (AvgIpc) is 2.76. The zero-order valence-electron chi connectivity index (χ0n) is 17.8. The van der Waals surface area contributed by atoms with Gasteiger partial charge in [-0.15, -0.1) is 0 Å². The monoisotopic (exact) mass is 460 g/mol. The van der Waals surface area contributed by atoms with Gasteiger partial charge < -0.3 is 11.1 Å². The highest BCUT2D eigenvalue weighted by molar-refractivity contribution is 7.89. The average molecular weight is 461 g/mol. The summed E-state index contributed by atoms with van der Waals surface area (Å²) in [7, 11) is -3.79. The topological polar surface area (TPSA) is 133 Å². The molecule has 0 spiro atoms. The first-order valence-corrected chi connectivity index (χ1v) is 11.5. The second-order valence-electron chi connectivity index (χ2n) is 7.19. The lowest BCUT2D eigenvalue weighted by molar-refractivity contribution is -0.125. The maximum atomic E-state index is 13.5. The molecular formula is C22H25FN4O4S. The molecule has 3 N–H and O–H groups in total. The van der Waals surface area contributed by atoms with E-state index < -0.39 is 33.9 Å². The molecule has 0 aliphatic heterocycles. The van der Waals surface area contributed by atoms with Gasteiger partial charge in [0.1, 0.15) is 17.9 Å². The van der Waals surface area contributed by atoms with Gasteiger partial charge in [0.2, 0.25) is 21.8 Å². The van der Waals surface area contributed by atoms with Crippen LogP contribution < -0.4 is 11.1 Å². The highest BCUT2D eigenvalue weighted by Crippen LogP contribution is 2.22. The van der Waals surface area contributed by atoms with E-state index in [-0.39, 0.29) is 24.5 Å². The molecule has 0 aliphatic rings. The zero-order chi connectivity index (χ0) is 23.9. The summed E-state index contributed by atoms with van der Waals surface area (Å²) >= 11 is 0. The van der Waals surface area contributed by atoms with Crippen molar-refractivity contribution in [2.24, 2.45) is 5.73 Å². The number of sulfonamides is 1. The molecule has 0 aliphatic carbocycles. The fraction of sp³-hybridized carbons (Fsp3) is 0.318. The van der Waals surface area contributed by atoms with Crippen molar-refractivity contribution >= 4 is 21.8 Å². The predicted octanol–water partition coefficient (Wildman–Crippen LogP) is 1.92. The number of primary amides is 1. The number of amides is 2. The Labute approximate surface area is 186 Å². The van der Waals surface area contributed by atoms with Crippen LogP contribution in [0.25, 0.3) is 11.1 Å². The van der Waals surface area contributed by atoms with Crippen LogP contribution in [0.2, 0.25) is 0 Å². The molecule has 2 atom stereocenters.